The predicted molar refractivity (Wildman–Crippen MR) is 70.1 cm³/mol. The van der Waals surface area contributed by atoms with E-state index in [-0.39, 0.29) is 0 Å². The lowest BCUT2D eigenvalue weighted by molar-refractivity contribution is 0.403. The van der Waals surface area contributed by atoms with Gasteiger partial charge in [0.25, 0.3) is 10.2 Å². The maximum Gasteiger partial charge on any atom is 0.281 e. The monoisotopic (exact) mass is 263 g/mol. The van der Waals surface area contributed by atoms with E-state index in [0.29, 0.717) is 12.6 Å². The Hall–Kier alpha value is -0.170. The molecular weight excluding hydrogens is 238 g/mol. The van der Waals surface area contributed by atoms with Gasteiger partial charge in [0, 0.05) is 33.7 Å². The van der Waals surface area contributed by atoms with Crippen LogP contribution >= 0.6 is 0 Å². The molecule has 0 aromatic rings. The summed E-state index contributed by atoms with van der Waals surface area (Å²) in [4.78, 5) is 0. The van der Waals surface area contributed by atoms with Crippen LogP contribution in [0.2, 0.25) is 0 Å². The fourth-order valence-corrected chi connectivity index (χ4v) is 3.05. The quantitative estimate of drug-likeness (QED) is 0.686. The first-order chi connectivity index (χ1) is 7.94. The van der Waals surface area contributed by atoms with Crippen molar-refractivity contribution in [2.45, 2.75) is 38.1 Å². The molecule has 0 atom stereocenters. The van der Waals surface area contributed by atoms with Gasteiger partial charge in [-0.3, -0.25) is 0 Å². The van der Waals surface area contributed by atoms with Gasteiger partial charge >= 0.3 is 0 Å². The third-order valence-electron chi connectivity index (χ3n) is 3.29. The Morgan fingerprint density at radius 2 is 1.76 bits per heavy atom. The summed E-state index contributed by atoms with van der Waals surface area (Å²) in [5.41, 5.74) is 0. The minimum atomic E-state index is -3.24. The predicted octanol–water partition coefficient (Wildman–Crippen LogP) is 0.647. The highest BCUT2D eigenvalue weighted by atomic mass is 32.2. The topological polar surface area (TPSA) is 52.7 Å². The Morgan fingerprint density at radius 1 is 1.18 bits per heavy atom. The molecular formula is C11H25N3O2S. The van der Waals surface area contributed by atoms with Crippen LogP contribution < -0.4 is 5.32 Å². The third kappa shape index (κ3) is 4.54. The van der Waals surface area contributed by atoms with Crippen molar-refractivity contribution in [3.8, 4) is 0 Å². The van der Waals surface area contributed by atoms with Gasteiger partial charge in [0.1, 0.15) is 0 Å². The van der Waals surface area contributed by atoms with Gasteiger partial charge < -0.3 is 5.32 Å². The number of nitrogens with one attached hydrogen (secondary N) is 1. The van der Waals surface area contributed by atoms with Gasteiger partial charge in [-0.05, 0) is 25.8 Å². The molecule has 1 aliphatic rings. The van der Waals surface area contributed by atoms with Crippen molar-refractivity contribution >= 4 is 10.2 Å². The zero-order chi connectivity index (χ0) is 12.9. The van der Waals surface area contributed by atoms with E-state index < -0.39 is 10.2 Å². The molecule has 102 valence electrons. The molecule has 17 heavy (non-hydrogen) atoms. The van der Waals surface area contributed by atoms with Gasteiger partial charge in [0.15, 0.2) is 0 Å². The van der Waals surface area contributed by atoms with Gasteiger partial charge in [-0.1, -0.05) is 12.8 Å². The summed E-state index contributed by atoms with van der Waals surface area (Å²) in [5.74, 6) is 0. The van der Waals surface area contributed by atoms with E-state index in [1.165, 1.54) is 34.3 Å². The lowest BCUT2D eigenvalue weighted by Crippen LogP contribution is -2.39. The highest BCUT2D eigenvalue weighted by Gasteiger charge is 2.19. The lowest BCUT2D eigenvalue weighted by Gasteiger charge is -2.21. The van der Waals surface area contributed by atoms with E-state index in [9.17, 15) is 8.42 Å². The number of rotatable bonds is 7. The molecule has 5 nitrogen and oxygen atoms in total. The molecule has 6 heteroatoms. The van der Waals surface area contributed by atoms with Crippen LogP contribution in [0.3, 0.4) is 0 Å². The fourth-order valence-electron chi connectivity index (χ4n) is 2.13. The minimum Gasteiger partial charge on any atom is -0.314 e. The van der Waals surface area contributed by atoms with Crippen molar-refractivity contribution in [3.05, 3.63) is 0 Å². The summed E-state index contributed by atoms with van der Waals surface area (Å²) >= 11 is 0. The average molecular weight is 263 g/mol. The average Bonchev–Trinajstić information content (AvgIpc) is 2.76. The first-order valence-corrected chi connectivity index (χ1v) is 7.71. The van der Waals surface area contributed by atoms with Crippen molar-refractivity contribution in [1.29, 1.82) is 0 Å². The van der Waals surface area contributed by atoms with E-state index in [0.717, 1.165) is 13.0 Å². The number of nitrogens with zero attached hydrogens (tertiary/aromatic N) is 2. The van der Waals surface area contributed by atoms with Crippen LogP contribution in [0.4, 0.5) is 0 Å². The molecule has 1 N–H and O–H groups in total. The van der Waals surface area contributed by atoms with E-state index >= 15 is 0 Å². The summed E-state index contributed by atoms with van der Waals surface area (Å²) in [5, 5.41) is 3.48. The third-order valence-corrected chi connectivity index (χ3v) is 5.19. The Morgan fingerprint density at radius 3 is 2.29 bits per heavy atom. The van der Waals surface area contributed by atoms with Gasteiger partial charge in [0.2, 0.25) is 0 Å². The molecule has 0 spiro atoms. The van der Waals surface area contributed by atoms with Crippen molar-refractivity contribution < 1.29 is 8.42 Å². The Kier molecular flexibility index (Phi) is 5.85. The van der Waals surface area contributed by atoms with Crippen molar-refractivity contribution in [2.24, 2.45) is 0 Å². The summed E-state index contributed by atoms with van der Waals surface area (Å²) in [6, 6.07) is 0.658. The van der Waals surface area contributed by atoms with Gasteiger partial charge in [-0.25, -0.2) is 0 Å². The second-order valence-electron chi connectivity index (χ2n) is 4.90. The maximum atomic E-state index is 11.7. The smallest absolute Gasteiger partial charge is 0.281 e. The molecule has 1 saturated carbocycles. The minimum absolute atomic E-state index is 0.570. The summed E-state index contributed by atoms with van der Waals surface area (Å²) in [7, 11) is 1.51. The van der Waals surface area contributed by atoms with Gasteiger partial charge in [0.05, 0.1) is 0 Å². The number of hydrogen-bond acceptors (Lipinski definition) is 3. The van der Waals surface area contributed by atoms with Crippen LogP contribution in [0.15, 0.2) is 0 Å². The van der Waals surface area contributed by atoms with E-state index in [1.807, 2.05) is 0 Å². The van der Waals surface area contributed by atoms with Gasteiger partial charge in [-0.15, -0.1) is 0 Å². The van der Waals surface area contributed by atoms with E-state index in [2.05, 4.69) is 5.32 Å². The lowest BCUT2D eigenvalue weighted by atomic mass is 10.2. The normalized spacial score (nSPS) is 18.4. The molecule has 0 heterocycles. The number of hydrogen-bond donors (Lipinski definition) is 1. The van der Waals surface area contributed by atoms with Crippen molar-refractivity contribution in [2.75, 3.05) is 34.2 Å². The fraction of sp³-hybridized carbons (Fsp3) is 1.00. The molecule has 0 amide bonds. The van der Waals surface area contributed by atoms with Gasteiger partial charge in [-0.2, -0.15) is 17.0 Å². The molecule has 1 rings (SSSR count). The second-order valence-corrected chi connectivity index (χ2v) is 7.15. The van der Waals surface area contributed by atoms with E-state index in [1.54, 1.807) is 21.1 Å². The molecule has 1 aliphatic carbocycles. The van der Waals surface area contributed by atoms with Crippen LogP contribution in [0, 0.1) is 0 Å². The summed E-state index contributed by atoms with van der Waals surface area (Å²) in [6.07, 6.45) is 6.05. The van der Waals surface area contributed by atoms with Crippen LogP contribution in [0.25, 0.3) is 0 Å². The highest BCUT2D eigenvalue weighted by Crippen LogP contribution is 2.17. The molecule has 0 bridgehead atoms. The van der Waals surface area contributed by atoms with E-state index in [4.69, 9.17) is 0 Å². The molecule has 1 fully saturated rings. The molecule has 0 aromatic carbocycles. The first-order valence-electron chi connectivity index (χ1n) is 6.32. The molecule has 0 aliphatic heterocycles. The Bertz CT molecular complexity index is 311. The van der Waals surface area contributed by atoms with Crippen LogP contribution in [-0.2, 0) is 10.2 Å². The summed E-state index contributed by atoms with van der Waals surface area (Å²) < 4.78 is 26.1. The largest absolute Gasteiger partial charge is 0.314 e. The van der Waals surface area contributed by atoms with Crippen molar-refractivity contribution in [1.82, 2.24) is 13.9 Å². The van der Waals surface area contributed by atoms with Crippen LogP contribution in [0.1, 0.15) is 32.1 Å². The Labute approximate surface area is 105 Å². The Balaban J connectivity index is 2.17. The second kappa shape index (κ2) is 6.68. The van der Waals surface area contributed by atoms with Crippen LogP contribution in [-0.4, -0.2) is 57.3 Å². The molecule has 0 radical (unpaired) electrons. The molecule has 0 aromatic heterocycles. The SMILES string of the molecule is CN(C)S(=O)(=O)N(C)CCCNC1CCCC1. The summed E-state index contributed by atoms with van der Waals surface area (Å²) in [6.45, 7) is 1.47. The highest BCUT2D eigenvalue weighted by molar-refractivity contribution is 7.86. The zero-order valence-corrected chi connectivity index (χ0v) is 12.0. The van der Waals surface area contributed by atoms with Crippen LogP contribution in [0.5, 0.6) is 0 Å². The maximum absolute atomic E-state index is 11.7. The first kappa shape index (κ1) is 14.9. The zero-order valence-electron chi connectivity index (χ0n) is 11.1. The van der Waals surface area contributed by atoms with Crippen molar-refractivity contribution in [3.63, 3.8) is 0 Å². The molecule has 0 unspecified atom stereocenters. The molecule has 0 saturated heterocycles. The standard InChI is InChI=1S/C11H25N3O2S/c1-13(2)17(15,16)14(3)10-6-9-12-11-7-4-5-8-11/h11-12H,4-10H2,1-3H3.